The van der Waals surface area contributed by atoms with Gasteiger partial charge in [-0.25, -0.2) is 4.99 Å². The van der Waals surface area contributed by atoms with Crippen molar-refractivity contribution in [1.29, 1.82) is 0 Å². The third-order valence-electron chi connectivity index (χ3n) is 9.67. The fourth-order valence-corrected chi connectivity index (χ4v) is 8.55. The van der Waals surface area contributed by atoms with Crippen molar-refractivity contribution in [2.24, 2.45) is 4.99 Å². The maximum Gasteiger partial charge on any atom is 0.295 e. The Balaban J connectivity index is 1.65. The molecule has 1 aliphatic rings. The molecule has 0 fully saturated rings. The maximum absolute atomic E-state index is 12.7. The molecule has 0 aromatic heterocycles. The van der Waals surface area contributed by atoms with Gasteiger partial charge < -0.3 is 5.32 Å². The molecule has 0 unspecified atom stereocenters. The molecule has 14 heteroatoms. The van der Waals surface area contributed by atoms with Crippen molar-refractivity contribution >= 4 is 58.7 Å². The second kappa shape index (κ2) is 16.6. The van der Waals surface area contributed by atoms with Crippen molar-refractivity contribution in [2.75, 3.05) is 5.32 Å². The second-order valence-electron chi connectivity index (χ2n) is 15.2. The van der Waals surface area contributed by atoms with Crippen molar-refractivity contribution in [3.63, 3.8) is 0 Å². The van der Waals surface area contributed by atoms with Gasteiger partial charge in [-0.05, 0) is 117 Å². The van der Waals surface area contributed by atoms with Gasteiger partial charge in [0.1, 0.15) is 4.90 Å². The molecular formula is C43H48N2O9S3. The summed E-state index contributed by atoms with van der Waals surface area (Å²) in [6, 6.07) is 19.2. The summed E-state index contributed by atoms with van der Waals surface area (Å²) in [5.74, 6) is -0.437. The minimum absolute atomic E-state index is 0.0949. The number of hydrogen-bond acceptors (Lipinski definition) is 8. The molecule has 0 bridgehead atoms. The number of allylic oxidation sites excluding steroid dienone is 5. The molecule has 4 aromatic carbocycles. The summed E-state index contributed by atoms with van der Waals surface area (Å²) in [5, 5.41) is 3.45. The number of nitrogens with one attached hydrogen (secondary N) is 1. The highest BCUT2D eigenvalue weighted by Gasteiger charge is 2.24. The average Bonchev–Trinajstić information content (AvgIpc) is 3.11. The Kier molecular flexibility index (Phi) is 12.7. The van der Waals surface area contributed by atoms with Gasteiger partial charge in [-0.15, -0.1) is 0 Å². The number of nitrogens with zero attached hydrogens (tertiary/aromatic N) is 1. The van der Waals surface area contributed by atoms with Gasteiger partial charge in [0.05, 0.1) is 21.2 Å². The Labute approximate surface area is 336 Å². The summed E-state index contributed by atoms with van der Waals surface area (Å²) in [6.07, 6.45) is 7.11. The van der Waals surface area contributed by atoms with Gasteiger partial charge in [0.15, 0.2) is 0 Å². The summed E-state index contributed by atoms with van der Waals surface area (Å²) in [6.45, 7) is 15.4. The number of hydrogen-bond donors (Lipinski definition) is 4. The van der Waals surface area contributed by atoms with E-state index < -0.39 is 30.4 Å². The number of rotatable bonds is 12. The van der Waals surface area contributed by atoms with Crippen LogP contribution in [-0.2, 0) is 30.4 Å². The summed E-state index contributed by atoms with van der Waals surface area (Å²) in [5.41, 5.74) is 7.24. The van der Waals surface area contributed by atoms with E-state index in [-0.39, 0.29) is 43.9 Å². The van der Waals surface area contributed by atoms with Crippen LogP contribution in [0.5, 0.6) is 0 Å². The maximum atomic E-state index is 12.7. The Morgan fingerprint density at radius 2 is 1.00 bits per heavy atom. The van der Waals surface area contributed by atoms with E-state index in [0.29, 0.717) is 61.7 Å². The Hall–Kier alpha value is -4.70. The predicted octanol–water partition coefficient (Wildman–Crippen LogP) is 10.4. The molecule has 0 heterocycles. The topological polar surface area (TPSA) is 187 Å². The zero-order chi connectivity index (χ0) is 42.2. The van der Waals surface area contributed by atoms with Gasteiger partial charge in [0, 0.05) is 16.9 Å². The van der Waals surface area contributed by atoms with Crippen LogP contribution in [0, 0.1) is 0 Å². The molecule has 0 aliphatic heterocycles. The highest BCUT2D eigenvalue weighted by atomic mass is 32.2. The molecule has 0 spiro atoms. The lowest BCUT2D eigenvalue weighted by molar-refractivity contribution is 0.480. The lowest BCUT2D eigenvalue weighted by Gasteiger charge is -2.22. The summed E-state index contributed by atoms with van der Waals surface area (Å²) >= 11 is 0. The third kappa shape index (κ3) is 9.89. The number of aliphatic imine (C=N–C) groups is 1. The van der Waals surface area contributed by atoms with Crippen molar-refractivity contribution in [2.45, 2.75) is 93.7 Å². The molecule has 4 N–H and O–H groups in total. The minimum Gasteiger partial charge on any atom is -0.355 e. The van der Waals surface area contributed by atoms with E-state index in [1.165, 1.54) is 36.4 Å². The first kappa shape index (κ1) is 43.4. The van der Waals surface area contributed by atoms with E-state index in [1.807, 2.05) is 79.7 Å². The van der Waals surface area contributed by atoms with Crippen molar-refractivity contribution < 1.29 is 38.9 Å². The van der Waals surface area contributed by atoms with Gasteiger partial charge in [0.2, 0.25) is 0 Å². The molecule has 0 amide bonds. The van der Waals surface area contributed by atoms with Gasteiger partial charge in [-0.2, -0.15) is 25.3 Å². The first-order valence-electron chi connectivity index (χ1n) is 18.4. The lowest BCUT2D eigenvalue weighted by atomic mass is 9.90. The van der Waals surface area contributed by atoms with Gasteiger partial charge in [-0.1, -0.05) is 97.9 Å². The van der Waals surface area contributed by atoms with E-state index in [0.717, 1.165) is 0 Å². The molecule has 11 nitrogen and oxygen atoms in total. The Morgan fingerprint density at radius 1 is 0.561 bits per heavy atom. The van der Waals surface area contributed by atoms with Crippen LogP contribution in [0.4, 0.5) is 17.1 Å². The van der Waals surface area contributed by atoms with Gasteiger partial charge in [-0.3, -0.25) is 13.7 Å². The highest BCUT2D eigenvalue weighted by molar-refractivity contribution is 7.86. The fourth-order valence-electron chi connectivity index (χ4n) is 6.75. The molecular weight excluding hydrogens is 785 g/mol. The van der Waals surface area contributed by atoms with Crippen LogP contribution in [0.3, 0.4) is 0 Å². The van der Waals surface area contributed by atoms with Crippen molar-refractivity contribution in [3.05, 3.63) is 136 Å². The van der Waals surface area contributed by atoms with Gasteiger partial charge in [0.25, 0.3) is 30.4 Å². The smallest absolute Gasteiger partial charge is 0.295 e. The Bertz CT molecular complexity index is 2600. The SMILES string of the molecule is CC(C)c1cc(S(=O)(=O)O)cc(C(C)C)c1N=C1C=CC(=C(c2ccc(Nc3c(C(C)C)cc(S(=O)(=O)O)cc3C(C)C)cc2)c2ccccc2S(=O)(=O)O)C=C1. The zero-order valence-corrected chi connectivity index (χ0v) is 35.5. The van der Waals surface area contributed by atoms with Crippen LogP contribution in [0.25, 0.3) is 5.57 Å². The normalized spacial score (nSPS) is 13.7. The molecule has 302 valence electrons. The van der Waals surface area contributed by atoms with Crippen LogP contribution < -0.4 is 5.32 Å². The van der Waals surface area contributed by atoms with Crippen LogP contribution in [0.2, 0.25) is 0 Å². The Morgan fingerprint density at radius 3 is 1.42 bits per heavy atom. The van der Waals surface area contributed by atoms with Crippen molar-refractivity contribution in [1.82, 2.24) is 0 Å². The van der Waals surface area contributed by atoms with Crippen LogP contribution in [-0.4, -0.2) is 44.6 Å². The first-order valence-corrected chi connectivity index (χ1v) is 22.7. The predicted molar refractivity (Wildman–Crippen MR) is 226 cm³/mol. The summed E-state index contributed by atoms with van der Waals surface area (Å²) < 4.78 is 104. The number of anilines is 2. The molecule has 57 heavy (non-hydrogen) atoms. The highest BCUT2D eigenvalue weighted by Crippen LogP contribution is 2.40. The van der Waals surface area contributed by atoms with E-state index in [9.17, 15) is 38.9 Å². The van der Waals surface area contributed by atoms with E-state index >= 15 is 0 Å². The molecule has 0 saturated heterocycles. The minimum atomic E-state index is -4.65. The third-order valence-corrected chi connectivity index (χ3v) is 12.2. The fraction of sp³-hybridized carbons (Fsp3) is 0.279. The monoisotopic (exact) mass is 832 g/mol. The number of benzene rings is 4. The second-order valence-corrected chi connectivity index (χ2v) is 19.4. The van der Waals surface area contributed by atoms with E-state index in [1.54, 1.807) is 36.4 Å². The molecule has 0 saturated carbocycles. The largest absolute Gasteiger partial charge is 0.355 e. The molecule has 0 radical (unpaired) electrons. The van der Waals surface area contributed by atoms with Crippen molar-refractivity contribution in [3.8, 4) is 0 Å². The molecule has 0 atom stereocenters. The molecule has 5 rings (SSSR count). The standard InChI is InChI=1S/C43H48N2O9S3/c1-25(2)36-21-33(55(46,47)48)22-37(26(3)4)42(36)44-31-17-13-29(14-18-31)41(35-11-9-10-12-40(35)57(52,53)54)30-15-19-32(20-16-30)45-43-38(27(5)6)23-34(56(49,50)51)24-39(43)28(7)8/h9-28,44H,1-8H3,(H,46,47,48)(H,49,50,51)(H,52,53,54). The average molecular weight is 833 g/mol. The van der Waals surface area contributed by atoms with E-state index in [4.69, 9.17) is 4.99 Å². The summed E-state index contributed by atoms with van der Waals surface area (Å²) in [7, 11) is -13.6. The molecule has 1 aliphatic carbocycles. The van der Waals surface area contributed by atoms with Crippen LogP contribution in [0.15, 0.2) is 122 Å². The summed E-state index contributed by atoms with van der Waals surface area (Å²) in [4.78, 5) is 4.29. The first-order chi connectivity index (χ1) is 26.5. The lowest BCUT2D eigenvalue weighted by Crippen LogP contribution is -2.08. The van der Waals surface area contributed by atoms with Crippen LogP contribution >= 0.6 is 0 Å². The quantitative estimate of drug-likeness (QED) is 0.100. The van der Waals surface area contributed by atoms with E-state index in [2.05, 4.69) is 5.32 Å². The van der Waals surface area contributed by atoms with Gasteiger partial charge >= 0.3 is 0 Å². The zero-order valence-electron chi connectivity index (χ0n) is 33.0. The van der Waals surface area contributed by atoms with Crippen LogP contribution in [0.1, 0.15) is 112 Å². The molecule has 4 aromatic rings.